The van der Waals surface area contributed by atoms with E-state index >= 15 is 0 Å². The molecule has 0 unspecified atom stereocenters. The average Bonchev–Trinajstić information content (AvgIpc) is 3.12. The predicted molar refractivity (Wildman–Crippen MR) is 93.5 cm³/mol. The minimum atomic E-state index is -3.80. The molecule has 0 radical (unpaired) electrons. The van der Waals surface area contributed by atoms with E-state index < -0.39 is 22.5 Å². The summed E-state index contributed by atoms with van der Waals surface area (Å²) in [7, 11) is -2.61. The molecule has 1 saturated carbocycles. The van der Waals surface area contributed by atoms with E-state index in [1.807, 2.05) is 0 Å². The first kappa shape index (κ1) is 19.4. The Bertz CT molecular complexity index is 694. The fourth-order valence-corrected chi connectivity index (χ4v) is 3.85. The van der Waals surface area contributed by atoms with Gasteiger partial charge in [-0.2, -0.15) is 4.72 Å². The van der Waals surface area contributed by atoms with Gasteiger partial charge in [0.25, 0.3) is 0 Å². The maximum absolute atomic E-state index is 12.0. The summed E-state index contributed by atoms with van der Waals surface area (Å²) < 4.78 is 30.6. The molecule has 138 valence electrons. The van der Waals surface area contributed by atoms with E-state index in [4.69, 9.17) is 0 Å². The minimum absolute atomic E-state index is 0.0142. The van der Waals surface area contributed by atoms with Gasteiger partial charge >= 0.3 is 5.97 Å². The van der Waals surface area contributed by atoms with Crippen LogP contribution >= 0.6 is 0 Å². The molecule has 0 bridgehead atoms. The van der Waals surface area contributed by atoms with Crippen molar-refractivity contribution < 1.29 is 22.7 Å². The summed E-state index contributed by atoms with van der Waals surface area (Å²) in [6.07, 6.45) is 6.30. The number of hydrogen-bond acceptors (Lipinski definition) is 5. The molecule has 0 aliphatic heterocycles. The molecule has 1 aliphatic carbocycles. The van der Waals surface area contributed by atoms with Gasteiger partial charge in [0.1, 0.15) is 6.54 Å². The van der Waals surface area contributed by atoms with E-state index in [2.05, 4.69) is 14.8 Å². The highest BCUT2D eigenvalue weighted by atomic mass is 32.2. The van der Waals surface area contributed by atoms with Crippen LogP contribution in [0.1, 0.15) is 38.5 Å². The highest BCUT2D eigenvalue weighted by Crippen LogP contribution is 2.28. The van der Waals surface area contributed by atoms with Gasteiger partial charge in [0.05, 0.1) is 12.0 Å². The molecule has 25 heavy (non-hydrogen) atoms. The number of amides is 1. The molecule has 7 nitrogen and oxygen atoms in total. The van der Waals surface area contributed by atoms with Gasteiger partial charge in [-0.25, -0.2) is 8.42 Å². The normalized spacial score (nSPS) is 15.1. The summed E-state index contributed by atoms with van der Waals surface area (Å²) in [6, 6.07) is 5.82. The molecule has 1 aromatic carbocycles. The van der Waals surface area contributed by atoms with E-state index in [0.717, 1.165) is 6.42 Å². The zero-order valence-corrected chi connectivity index (χ0v) is 15.1. The Balaban J connectivity index is 1.85. The van der Waals surface area contributed by atoms with Crippen LogP contribution in [0.2, 0.25) is 0 Å². The number of benzene rings is 1. The molecule has 0 saturated heterocycles. The van der Waals surface area contributed by atoms with Crippen molar-refractivity contribution in [2.24, 2.45) is 5.92 Å². The van der Waals surface area contributed by atoms with E-state index in [1.54, 1.807) is 0 Å². The minimum Gasteiger partial charge on any atom is -0.468 e. The van der Waals surface area contributed by atoms with Gasteiger partial charge in [-0.15, -0.1) is 0 Å². The standard InChI is InChI=1S/C17H24N2O5S/c1-24-17(21)12-18-25(22,23)15-9-7-14(8-10-15)19-16(20)11-6-13-4-2-3-5-13/h7-10,13,18H,2-6,11-12H2,1H3,(H,19,20). The number of rotatable bonds is 8. The van der Waals surface area contributed by atoms with Gasteiger partial charge in [0, 0.05) is 12.1 Å². The fourth-order valence-electron chi connectivity index (χ4n) is 2.88. The summed E-state index contributed by atoms with van der Waals surface area (Å²) in [5.41, 5.74) is 0.545. The van der Waals surface area contributed by atoms with Crippen molar-refractivity contribution in [2.75, 3.05) is 19.0 Å². The van der Waals surface area contributed by atoms with Gasteiger partial charge in [0.15, 0.2) is 0 Å². The lowest BCUT2D eigenvalue weighted by atomic mass is 10.0. The van der Waals surface area contributed by atoms with E-state index in [9.17, 15) is 18.0 Å². The van der Waals surface area contributed by atoms with Crippen molar-refractivity contribution in [3.8, 4) is 0 Å². The third kappa shape index (κ3) is 6.13. The SMILES string of the molecule is COC(=O)CNS(=O)(=O)c1ccc(NC(=O)CCC2CCCC2)cc1. The topological polar surface area (TPSA) is 102 Å². The summed E-state index contributed by atoms with van der Waals surface area (Å²) in [5, 5.41) is 2.78. The number of sulfonamides is 1. The van der Waals surface area contributed by atoms with Gasteiger partial charge in [0.2, 0.25) is 15.9 Å². The maximum Gasteiger partial charge on any atom is 0.320 e. The van der Waals surface area contributed by atoms with Gasteiger partial charge in [-0.1, -0.05) is 25.7 Å². The lowest BCUT2D eigenvalue weighted by Crippen LogP contribution is -2.30. The quantitative estimate of drug-likeness (QED) is 0.684. The van der Waals surface area contributed by atoms with Crippen LogP contribution in [-0.4, -0.2) is 33.9 Å². The Kier molecular flexibility index (Phi) is 6.95. The van der Waals surface area contributed by atoms with Crippen molar-refractivity contribution in [1.29, 1.82) is 0 Å². The highest BCUT2D eigenvalue weighted by molar-refractivity contribution is 7.89. The van der Waals surface area contributed by atoms with Crippen molar-refractivity contribution in [3.63, 3.8) is 0 Å². The Morgan fingerprint density at radius 2 is 1.80 bits per heavy atom. The second-order valence-electron chi connectivity index (χ2n) is 6.16. The van der Waals surface area contributed by atoms with Crippen LogP contribution in [0.15, 0.2) is 29.2 Å². The molecule has 2 rings (SSSR count). The van der Waals surface area contributed by atoms with Crippen molar-refractivity contribution in [3.05, 3.63) is 24.3 Å². The number of ether oxygens (including phenoxy) is 1. The summed E-state index contributed by atoms with van der Waals surface area (Å²) in [6.45, 7) is -0.432. The zero-order valence-electron chi connectivity index (χ0n) is 14.3. The molecular weight excluding hydrogens is 344 g/mol. The first-order valence-corrected chi connectivity index (χ1v) is 9.85. The smallest absolute Gasteiger partial charge is 0.320 e. The Labute approximate surface area is 148 Å². The van der Waals surface area contributed by atoms with Crippen LogP contribution in [0.4, 0.5) is 5.69 Å². The highest BCUT2D eigenvalue weighted by Gasteiger charge is 2.17. The number of nitrogens with one attached hydrogen (secondary N) is 2. The van der Waals surface area contributed by atoms with Gasteiger partial charge in [-0.3, -0.25) is 9.59 Å². The maximum atomic E-state index is 12.0. The molecule has 1 aliphatic rings. The molecule has 0 heterocycles. The Morgan fingerprint density at radius 3 is 2.40 bits per heavy atom. The van der Waals surface area contributed by atoms with Crippen LogP contribution in [0.25, 0.3) is 0 Å². The number of anilines is 1. The molecule has 8 heteroatoms. The van der Waals surface area contributed by atoms with Crippen LogP contribution in [0.3, 0.4) is 0 Å². The van der Waals surface area contributed by atoms with Crippen LogP contribution < -0.4 is 10.0 Å². The number of hydrogen-bond donors (Lipinski definition) is 2. The molecule has 1 aromatic rings. The van der Waals surface area contributed by atoms with Gasteiger partial charge in [-0.05, 0) is 36.6 Å². The van der Waals surface area contributed by atoms with Gasteiger partial charge < -0.3 is 10.1 Å². The van der Waals surface area contributed by atoms with Crippen LogP contribution in [0, 0.1) is 5.92 Å². The molecular formula is C17H24N2O5S. The van der Waals surface area contributed by atoms with Crippen LogP contribution in [-0.2, 0) is 24.3 Å². The number of carbonyl (C=O) groups is 2. The zero-order chi connectivity index (χ0) is 18.3. The Hall–Kier alpha value is -1.93. The number of methoxy groups -OCH3 is 1. The predicted octanol–water partition coefficient (Wildman–Crippen LogP) is 2.05. The van der Waals surface area contributed by atoms with Crippen molar-refractivity contribution in [1.82, 2.24) is 4.72 Å². The second-order valence-corrected chi connectivity index (χ2v) is 7.93. The third-order valence-corrected chi connectivity index (χ3v) is 5.75. The van der Waals surface area contributed by atoms with Crippen molar-refractivity contribution >= 4 is 27.6 Å². The molecule has 1 fully saturated rings. The van der Waals surface area contributed by atoms with Crippen LogP contribution in [0.5, 0.6) is 0 Å². The molecule has 0 aromatic heterocycles. The monoisotopic (exact) mass is 368 g/mol. The first-order chi connectivity index (χ1) is 11.9. The van der Waals surface area contributed by atoms with E-state index in [0.29, 0.717) is 18.0 Å². The lowest BCUT2D eigenvalue weighted by Gasteiger charge is -2.10. The Morgan fingerprint density at radius 1 is 1.16 bits per heavy atom. The second kappa shape index (κ2) is 8.96. The molecule has 0 spiro atoms. The molecule has 2 N–H and O–H groups in total. The first-order valence-electron chi connectivity index (χ1n) is 8.37. The number of esters is 1. The summed E-state index contributed by atoms with van der Waals surface area (Å²) in [4.78, 5) is 23.0. The largest absolute Gasteiger partial charge is 0.468 e. The lowest BCUT2D eigenvalue weighted by molar-refractivity contribution is -0.139. The summed E-state index contributed by atoms with van der Waals surface area (Å²) in [5.74, 6) is -0.0831. The summed E-state index contributed by atoms with van der Waals surface area (Å²) >= 11 is 0. The molecule has 0 atom stereocenters. The van der Waals surface area contributed by atoms with E-state index in [1.165, 1.54) is 57.1 Å². The average molecular weight is 368 g/mol. The third-order valence-electron chi connectivity index (χ3n) is 4.34. The van der Waals surface area contributed by atoms with E-state index in [-0.39, 0.29) is 10.8 Å². The fraction of sp³-hybridized carbons (Fsp3) is 0.529. The molecule has 1 amide bonds. The number of carbonyl (C=O) groups excluding carboxylic acids is 2. The van der Waals surface area contributed by atoms with Crippen molar-refractivity contribution in [2.45, 2.75) is 43.4 Å².